The molecule has 0 atom stereocenters. The van der Waals surface area contributed by atoms with Gasteiger partial charge in [0.2, 0.25) is 0 Å². The van der Waals surface area contributed by atoms with Crippen molar-refractivity contribution in [2.75, 3.05) is 11.2 Å². The summed E-state index contributed by atoms with van der Waals surface area (Å²) in [7, 11) is 0. The molecule has 1 saturated carbocycles. The van der Waals surface area contributed by atoms with E-state index in [1.165, 1.54) is 6.21 Å². The topological polar surface area (TPSA) is 116 Å². The predicted molar refractivity (Wildman–Crippen MR) is 79.3 cm³/mol. The second-order valence-electron chi connectivity index (χ2n) is 4.64. The molecule has 1 heterocycles. The summed E-state index contributed by atoms with van der Waals surface area (Å²) in [5.41, 5.74) is 9.01. The zero-order chi connectivity index (χ0) is 14.4. The van der Waals surface area contributed by atoms with E-state index in [9.17, 15) is 4.79 Å². The van der Waals surface area contributed by atoms with Crippen LogP contribution in [0.3, 0.4) is 0 Å². The average molecular weight is 274 g/mol. The van der Waals surface area contributed by atoms with Crippen molar-refractivity contribution in [1.82, 2.24) is 10.3 Å². The molecule has 0 radical (unpaired) electrons. The molecule has 0 bridgehead atoms. The normalized spacial score (nSPS) is 15.4. The fourth-order valence-electron chi connectivity index (χ4n) is 2.21. The van der Waals surface area contributed by atoms with Gasteiger partial charge in [0.15, 0.2) is 5.69 Å². The molecule has 5 N–H and O–H groups in total. The summed E-state index contributed by atoms with van der Waals surface area (Å²) in [5, 5.41) is 13.6. The van der Waals surface area contributed by atoms with Gasteiger partial charge in [-0.3, -0.25) is 10.2 Å². The number of carbonyl (C=O) groups is 1. The van der Waals surface area contributed by atoms with E-state index >= 15 is 0 Å². The van der Waals surface area contributed by atoms with Crippen LogP contribution in [0.1, 0.15) is 36.2 Å². The number of hydrogen-bond acceptors (Lipinski definition) is 6. The monoisotopic (exact) mass is 274 g/mol. The summed E-state index contributed by atoms with van der Waals surface area (Å²) in [6.45, 7) is 0. The van der Waals surface area contributed by atoms with Gasteiger partial charge in [0, 0.05) is 12.3 Å². The van der Waals surface area contributed by atoms with Crippen LogP contribution in [0, 0.1) is 5.41 Å². The van der Waals surface area contributed by atoms with Crippen LogP contribution in [0.15, 0.2) is 17.2 Å². The van der Waals surface area contributed by atoms with Crippen molar-refractivity contribution in [3.05, 3.63) is 17.8 Å². The van der Waals surface area contributed by atoms with Gasteiger partial charge in [0.1, 0.15) is 5.82 Å². The summed E-state index contributed by atoms with van der Waals surface area (Å²) < 4.78 is 0. The van der Waals surface area contributed by atoms with Crippen molar-refractivity contribution in [2.45, 2.75) is 31.7 Å². The number of rotatable bonds is 5. The molecule has 20 heavy (non-hydrogen) atoms. The first kappa shape index (κ1) is 14.0. The lowest BCUT2D eigenvalue weighted by molar-refractivity contribution is 0.0934. The number of aromatic nitrogens is 1. The van der Waals surface area contributed by atoms with E-state index in [-0.39, 0.29) is 23.5 Å². The molecule has 1 fully saturated rings. The van der Waals surface area contributed by atoms with Crippen LogP contribution >= 0.6 is 0 Å². The molecule has 1 amide bonds. The molecule has 0 unspecified atom stereocenters. The Balaban J connectivity index is 2.14. The Morgan fingerprint density at radius 3 is 2.90 bits per heavy atom. The Hall–Kier alpha value is -2.44. The largest absolute Gasteiger partial charge is 0.384 e. The highest BCUT2D eigenvalue weighted by Crippen LogP contribution is 2.20. The third-order valence-electron chi connectivity index (χ3n) is 3.16. The maximum absolute atomic E-state index is 12.2. The molecule has 2 rings (SSSR count). The number of nitrogens with zero attached hydrogens (tertiary/aromatic N) is 2. The highest BCUT2D eigenvalue weighted by molar-refractivity contribution is 6.14. The van der Waals surface area contributed by atoms with Crippen LogP contribution < -0.4 is 16.5 Å². The van der Waals surface area contributed by atoms with Crippen LogP contribution in [0.4, 0.5) is 11.5 Å². The Bertz CT molecular complexity index is 522. The number of nitrogen functional groups attached to an aromatic ring is 1. The van der Waals surface area contributed by atoms with Gasteiger partial charge in [-0.15, -0.1) is 0 Å². The van der Waals surface area contributed by atoms with E-state index in [1.54, 1.807) is 12.1 Å². The summed E-state index contributed by atoms with van der Waals surface area (Å²) in [4.78, 5) is 16.3. The lowest BCUT2D eigenvalue weighted by atomic mass is 10.2. The van der Waals surface area contributed by atoms with Gasteiger partial charge in [0.05, 0.1) is 11.9 Å². The molecule has 1 aliphatic carbocycles. The number of hydrazone groups is 1. The van der Waals surface area contributed by atoms with Crippen molar-refractivity contribution in [2.24, 2.45) is 5.10 Å². The van der Waals surface area contributed by atoms with E-state index in [1.807, 2.05) is 0 Å². The Labute approximate surface area is 117 Å². The summed E-state index contributed by atoms with van der Waals surface area (Å²) in [6, 6.07) is 3.45. The van der Waals surface area contributed by atoms with E-state index in [2.05, 4.69) is 20.8 Å². The molecule has 0 aromatic carbocycles. The lowest BCUT2D eigenvalue weighted by Crippen LogP contribution is -2.33. The smallest absolute Gasteiger partial charge is 0.272 e. The number of carbonyl (C=O) groups excluding carboxylic acids is 1. The first-order chi connectivity index (χ1) is 9.70. The minimum atomic E-state index is -0.253. The summed E-state index contributed by atoms with van der Waals surface area (Å²) >= 11 is 0. The van der Waals surface area contributed by atoms with E-state index in [0.717, 1.165) is 31.9 Å². The van der Waals surface area contributed by atoms with Crippen LogP contribution in [-0.2, 0) is 0 Å². The molecule has 0 saturated heterocycles. The lowest BCUT2D eigenvalue weighted by Gasteiger charge is -2.13. The van der Waals surface area contributed by atoms with E-state index in [4.69, 9.17) is 11.1 Å². The molecular weight excluding hydrogens is 256 g/mol. The first-order valence-electron chi connectivity index (χ1n) is 6.56. The van der Waals surface area contributed by atoms with Crippen molar-refractivity contribution < 1.29 is 4.79 Å². The fraction of sp³-hybridized carbons (Fsp3) is 0.385. The molecule has 7 nitrogen and oxygen atoms in total. The minimum absolute atomic E-state index is 0.212. The van der Waals surface area contributed by atoms with Gasteiger partial charge >= 0.3 is 0 Å². The molecule has 1 aliphatic rings. The quantitative estimate of drug-likeness (QED) is 0.479. The Morgan fingerprint density at radius 1 is 1.45 bits per heavy atom. The maximum Gasteiger partial charge on any atom is 0.272 e. The SMILES string of the molecule is N=C/C=N\Nc1ccc(N)nc1C(=O)NC1CCCC1. The molecule has 1 aromatic heterocycles. The molecule has 1 aromatic rings. The van der Waals surface area contributed by atoms with Crippen molar-refractivity contribution in [3.63, 3.8) is 0 Å². The average Bonchev–Trinajstić information content (AvgIpc) is 2.93. The Morgan fingerprint density at radius 2 is 2.20 bits per heavy atom. The van der Waals surface area contributed by atoms with Gasteiger partial charge in [-0.05, 0) is 25.0 Å². The van der Waals surface area contributed by atoms with E-state index < -0.39 is 0 Å². The molecule has 0 spiro atoms. The zero-order valence-electron chi connectivity index (χ0n) is 11.1. The number of hydrogen-bond donors (Lipinski definition) is 4. The molecular formula is C13H18N6O. The minimum Gasteiger partial charge on any atom is -0.384 e. The Kier molecular flexibility index (Phi) is 4.65. The maximum atomic E-state index is 12.2. The van der Waals surface area contributed by atoms with Gasteiger partial charge in [-0.2, -0.15) is 5.10 Å². The zero-order valence-corrected chi connectivity index (χ0v) is 11.1. The number of anilines is 2. The van der Waals surface area contributed by atoms with Gasteiger partial charge in [-0.25, -0.2) is 4.98 Å². The standard InChI is InChI=1S/C13H18N6O/c14-7-8-16-19-10-5-6-11(15)18-12(10)13(20)17-9-3-1-2-4-9/h5-9,14,19H,1-4H2,(H2,15,18)(H,17,20)/b14-7?,16-8-. The third kappa shape index (κ3) is 3.53. The second kappa shape index (κ2) is 6.65. The molecule has 106 valence electrons. The highest BCUT2D eigenvalue weighted by atomic mass is 16.2. The number of nitrogens with one attached hydrogen (secondary N) is 3. The van der Waals surface area contributed by atoms with Crippen molar-refractivity contribution >= 4 is 29.8 Å². The molecule has 7 heteroatoms. The number of pyridine rings is 1. The van der Waals surface area contributed by atoms with E-state index in [0.29, 0.717) is 5.69 Å². The first-order valence-corrected chi connectivity index (χ1v) is 6.56. The van der Waals surface area contributed by atoms with Gasteiger partial charge in [0.25, 0.3) is 5.91 Å². The fourth-order valence-corrected chi connectivity index (χ4v) is 2.21. The summed E-state index contributed by atoms with van der Waals surface area (Å²) in [6.07, 6.45) is 6.60. The summed E-state index contributed by atoms with van der Waals surface area (Å²) in [5.74, 6) is 0.0277. The van der Waals surface area contributed by atoms with Crippen molar-refractivity contribution in [3.8, 4) is 0 Å². The second-order valence-corrected chi connectivity index (χ2v) is 4.64. The number of amides is 1. The van der Waals surface area contributed by atoms with Gasteiger partial charge < -0.3 is 16.5 Å². The predicted octanol–water partition coefficient (Wildman–Crippen LogP) is 1.38. The van der Waals surface area contributed by atoms with Crippen LogP contribution in [-0.4, -0.2) is 29.4 Å². The third-order valence-corrected chi connectivity index (χ3v) is 3.16. The van der Waals surface area contributed by atoms with Gasteiger partial charge in [-0.1, -0.05) is 12.8 Å². The number of nitrogens with two attached hydrogens (primary N) is 1. The van der Waals surface area contributed by atoms with Crippen molar-refractivity contribution in [1.29, 1.82) is 5.41 Å². The van der Waals surface area contributed by atoms with Crippen LogP contribution in [0.5, 0.6) is 0 Å². The van der Waals surface area contributed by atoms with Crippen LogP contribution in [0.25, 0.3) is 0 Å². The highest BCUT2D eigenvalue weighted by Gasteiger charge is 2.20. The molecule has 0 aliphatic heterocycles. The van der Waals surface area contributed by atoms with Crippen LogP contribution in [0.2, 0.25) is 0 Å².